The van der Waals surface area contributed by atoms with E-state index in [4.69, 9.17) is 32.7 Å². The molecular formula is C26H22BrCl2N3O3. The van der Waals surface area contributed by atoms with E-state index in [0.717, 1.165) is 10.0 Å². The molecule has 3 aromatic carbocycles. The van der Waals surface area contributed by atoms with Gasteiger partial charge in [0.2, 0.25) is 0 Å². The van der Waals surface area contributed by atoms with Gasteiger partial charge < -0.3 is 9.47 Å². The highest BCUT2D eigenvalue weighted by molar-refractivity contribution is 9.10. The van der Waals surface area contributed by atoms with Gasteiger partial charge in [0.15, 0.2) is 11.5 Å². The molecule has 0 spiro atoms. The molecule has 0 fully saturated rings. The van der Waals surface area contributed by atoms with Crippen molar-refractivity contribution in [1.29, 1.82) is 0 Å². The predicted molar refractivity (Wildman–Crippen MR) is 145 cm³/mol. The highest BCUT2D eigenvalue weighted by Crippen LogP contribution is 2.37. The summed E-state index contributed by atoms with van der Waals surface area (Å²) in [5.74, 6) is 1.36. The van der Waals surface area contributed by atoms with Crippen LogP contribution in [0.4, 0.5) is 0 Å². The first-order valence-corrected chi connectivity index (χ1v) is 12.3. The lowest BCUT2D eigenvalue weighted by atomic mass is 10.2. The van der Waals surface area contributed by atoms with Crippen LogP contribution in [0.2, 0.25) is 10.0 Å². The number of halogens is 3. The Morgan fingerprint density at radius 2 is 1.89 bits per heavy atom. The molecule has 4 rings (SSSR count). The molecule has 0 aliphatic rings. The molecule has 0 aliphatic heterocycles. The van der Waals surface area contributed by atoms with Gasteiger partial charge in [-0.1, -0.05) is 71.2 Å². The van der Waals surface area contributed by atoms with Crippen molar-refractivity contribution in [3.63, 3.8) is 0 Å². The van der Waals surface area contributed by atoms with Crippen LogP contribution < -0.4 is 15.0 Å². The standard InChI is InChI=1S/C26H22BrCl2N3O3/c1-15(2)25-31-22-9-8-18(27)12-19(22)26(33)32(25)30-13-16-10-21(29)24(23(11-16)34-3)35-14-17-6-4-5-7-20(17)28/h4-13,15H,14H2,1-3H3. The third-order valence-corrected chi connectivity index (χ3v) is 6.40. The topological polar surface area (TPSA) is 65.7 Å². The van der Waals surface area contributed by atoms with Crippen LogP contribution in [0.15, 0.2) is 69.0 Å². The zero-order valence-electron chi connectivity index (χ0n) is 19.3. The Kier molecular flexibility index (Phi) is 7.79. The highest BCUT2D eigenvalue weighted by atomic mass is 79.9. The lowest BCUT2D eigenvalue weighted by Gasteiger charge is -2.14. The van der Waals surface area contributed by atoms with Gasteiger partial charge in [-0.25, -0.2) is 4.98 Å². The van der Waals surface area contributed by atoms with E-state index in [1.165, 1.54) is 11.8 Å². The number of fused-ring (bicyclic) bond motifs is 1. The maximum absolute atomic E-state index is 13.2. The predicted octanol–water partition coefficient (Wildman–Crippen LogP) is 7.06. The van der Waals surface area contributed by atoms with Gasteiger partial charge >= 0.3 is 0 Å². The summed E-state index contributed by atoms with van der Waals surface area (Å²) >= 11 is 16.2. The third kappa shape index (κ3) is 5.53. The van der Waals surface area contributed by atoms with Crippen molar-refractivity contribution in [3.8, 4) is 11.5 Å². The summed E-state index contributed by atoms with van der Waals surface area (Å²) in [6.07, 6.45) is 1.55. The van der Waals surface area contributed by atoms with Crippen molar-refractivity contribution in [2.45, 2.75) is 26.4 Å². The lowest BCUT2D eigenvalue weighted by Crippen LogP contribution is -2.23. The Labute approximate surface area is 221 Å². The fourth-order valence-electron chi connectivity index (χ4n) is 3.50. The van der Waals surface area contributed by atoms with E-state index in [0.29, 0.717) is 43.8 Å². The monoisotopic (exact) mass is 573 g/mol. The largest absolute Gasteiger partial charge is 0.493 e. The molecule has 0 saturated carbocycles. The van der Waals surface area contributed by atoms with E-state index in [1.807, 2.05) is 44.2 Å². The molecule has 0 unspecified atom stereocenters. The van der Waals surface area contributed by atoms with Crippen LogP contribution in [0.25, 0.3) is 10.9 Å². The molecule has 0 amide bonds. The number of hydrogen-bond donors (Lipinski definition) is 0. The van der Waals surface area contributed by atoms with Gasteiger partial charge in [-0.3, -0.25) is 4.79 Å². The second-order valence-electron chi connectivity index (χ2n) is 8.06. The van der Waals surface area contributed by atoms with E-state index in [9.17, 15) is 4.79 Å². The highest BCUT2D eigenvalue weighted by Gasteiger charge is 2.15. The van der Waals surface area contributed by atoms with Crippen LogP contribution >= 0.6 is 39.1 Å². The van der Waals surface area contributed by atoms with E-state index in [1.54, 1.807) is 30.5 Å². The molecule has 35 heavy (non-hydrogen) atoms. The summed E-state index contributed by atoms with van der Waals surface area (Å²) in [6, 6.07) is 16.3. The first-order chi connectivity index (χ1) is 16.8. The molecule has 0 bridgehead atoms. The minimum atomic E-state index is -0.256. The van der Waals surface area contributed by atoms with Gasteiger partial charge in [-0.15, -0.1) is 0 Å². The molecule has 6 nitrogen and oxygen atoms in total. The molecule has 0 atom stereocenters. The van der Waals surface area contributed by atoms with Crippen LogP contribution in [0.5, 0.6) is 11.5 Å². The first kappa shape index (κ1) is 25.2. The Balaban J connectivity index is 1.69. The third-order valence-electron chi connectivity index (χ3n) is 5.25. The van der Waals surface area contributed by atoms with Crippen LogP contribution in [-0.2, 0) is 6.61 Å². The molecule has 180 valence electrons. The van der Waals surface area contributed by atoms with Crippen LogP contribution in [0.3, 0.4) is 0 Å². The molecule has 0 aliphatic carbocycles. The molecule has 1 heterocycles. The van der Waals surface area contributed by atoms with Crippen LogP contribution in [-0.4, -0.2) is 23.0 Å². The first-order valence-electron chi connectivity index (χ1n) is 10.8. The van der Waals surface area contributed by atoms with Crippen molar-refractivity contribution in [2.75, 3.05) is 7.11 Å². The van der Waals surface area contributed by atoms with E-state index < -0.39 is 0 Å². The summed E-state index contributed by atoms with van der Waals surface area (Å²) in [4.78, 5) is 17.9. The summed E-state index contributed by atoms with van der Waals surface area (Å²) in [7, 11) is 1.53. The Morgan fingerprint density at radius 3 is 2.60 bits per heavy atom. The quantitative estimate of drug-likeness (QED) is 0.222. The normalized spacial score (nSPS) is 11.5. The Bertz CT molecular complexity index is 1490. The Hall–Kier alpha value is -2.87. The van der Waals surface area contributed by atoms with E-state index in [-0.39, 0.29) is 18.1 Å². The van der Waals surface area contributed by atoms with Crippen molar-refractivity contribution < 1.29 is 9.47 Å². The number of benzene rings is 3. The molecule has 0 saturated heterocycles. The van der Waals surface area contributed by atoms with Crippen molar-refractivity contribution >= 4 is 56.2 Å². The number of hydrogen-bond acceptors (Lipinski definition) is 5. The Morgan fingerprint density at radius 1 is 1.11 bits per heavy atom. The molecule has 9 heteroatoms. The number of ether oxygens (including phenoxy) is 2. The maximum Gasteiger partial charge on any atom is 0.282 e. The van der Waals surface area contributed by atoms with Crippen molar-refractivity contribution in [3.05, 3.63) is 96.4 Å². The minimum absolute atomic E-state index is 0.0217. The average Bonchev–Trinajstić information content (AvgIpc) is 2.83. The minimum Gasteiger partial charge on any atom is -0.493 e. The second kappa shape index (κ2) is 10.8. The van der Waals surface area contributed by atoms with Gasteiger partial charge in [0, 0.05) is 21.0 Å². The van der Waals surface area contributed by atoms with Crippen molar-refractivity contribution in [1.82, 2.24) is 9.66 Å². The maximum atomic E-state index is 13.2. The number of nitrogens with zero attached hydrogens (tertiary/aromatic N) is 3. The van der Waals surface area contributed by atoms with Gasteiger partial charge in [0.05, 0.1) is 29.2 Å². The molecule has 4 aromatic rings. The van der Waals surface area contributed by atoms with E-state index in [2.05, 4.69) is 26.0 Å². The summed E-state index contributed by atoms with van der Waals surface area (Å²) in [5.41, 5.74) is 1.83. The number of rotatable bonds is 7. The van der Waals surface area contributed by atoms with E-state index >= 15 is 0 Å². The molecule has 0 radical (unpaired) electrons. The summed E-state index contributed by atoms with van der Waals surface area (Å²) < 4.78 is 13.5. The molecular weight excluding hydrogens is 553 g/mol. The molecule has 1 aromatic heterocycles. The van der Waals surface area contributed by atoms with Gasteiger partial charge in [-0.2, -0.15) is 9.78 Å². The summed E-state index contributed by atoms with van der Waals surface area (Å²) in [6.45, 7) is 4.15. The zero-order chi connectivity index (χ0) is 25.1. The van der Waals surface area contributed by atoms with Crippen LogP contribution in [0.1, 0.15) is 36.7 Å². The SMILES string of the molecule is COc1cc(C=Nn2c(C(C)C)nc3ccc(Br)cc3c2=O)cc(Cl)c1OCc1ccccc1Cl. The smallest absolute Gasteiger partial charge is 0.282 e. The molecule has 0 N–H and O–H groups in total. The van der Waals surface area contributed by atoms with Crippen LogP contribution in [0, 0.1) is 0 Å². The fourth-order valence-corrected chi connectivity index (χ4v) is 4.32. The van der Waals surface area contributed by atoms with Gasteiger partial charge in [-0.05, 0) is 42.0 Å². The second-order valence-corrected chi connectivity index (χ2v) is 9.79. The van der Waals surface area contributed by atoms with Crippen molar-refractivity contribution in [2.24, 2.45) is 5.10 Å². The summed E-state index contributed by atoms with van der Waals surface area (Å²) in [5, 5.41) is 5.88. The number of aromatic nitrogens is 2. The van der Waals surface area contributed by atoms with Gasteiger partial charge in [0.1, 0.15) is 12.4 Å². The lowest BCUT2D eigenvalue weighted by molar-refractivity contribution is 0.285. The number of methoxy groups -OCH3 is 1. The fraction of sp³-hybridized carbons (Fsp3) is 0.192. The zero-order valence-corrected chi connectivity index (χ0v) is 22.4. The van der Waals surface area contributed by atoms with Gasteiger partial charge in [0.25, 0.3) is 5.56 Å². The average molecular weight is 575 g/mol.